The number of amides is 3. The largest absolute Gasteiger partial charge is 0.322 e. The first kappa shape index (κ1) is 20.4. The highest BCUT2D eigenvalue weighted by atomic mass is 79.9. The molecule has 1 saturated heterocycles. The first-order valence-corrected chi connectivity index (χ1v) is 10.8. The van der Waals surface area contributed by atoms with Gasteiger partial charge in [0.05, 0.1) is 11.7 Å². The highest BCUT2D eigenvalue weighted by Gasteiger charge is 2.33. The van der Waals surface area contributed by atoms with Crippen molar-refractivity contribution in [2.75, 3.05) is 17.2 Å². The van der Waals surface area contributed by atoms with Gasteiger partial charge < -0.3 is 15.5 Å². The third kappa shape index (κ3) is 4.49. The Morgan fingerprint density at radius 2 is 1.97 bits per heavy atom. The number of nitrogens with zero attached hydrogens (tertiary/aromatic N) is 3. The maximum absolute atomic E-state index is 13.3. The molecular formula is C20H17BrFN5O2S. The average molecular weight is 490 g/mol. The summed E-state index contributed by atoms with van der Waals surface area (Å²) in [5.41, 5.74) is 1.02. The van der Waals surface area contributed by atoms with Crippen molar-refractivity contribution < 1.29 is 14.0 Å². The van der Waals surface area contributed by atoms with Gasteiger partial charge in [-0.1, -0.05) is 29.5 Å². The van der Waals surface area contributed by atoms with Crippen molar-refractivity contribution in [1.29, 1.82) is 0 Å². The van der Waals surface area contributed by atoms with Crippen molar-refractivity contribution in [3.63, 3.8) is 0 Å². The molecule has 0 saturated carbocycles. The van der Waals surface area contributed by atoms with E-state index in [4.69, 9.17) is 0 Å². The molecule has 154 valence electrons. The second-order valence-corrected chi connectivity index (χ2v) is 8.53. The number of hydrogen-bond acceptors (Lipinski definition) is 5. The fourth-order valence-electron chi connectivity index (χ4n) is 3.23. The van der Waals surface area contributed by atoms with E-state index in [-0.39, 0.29) is 17.1 Å². The van der Waals surface area contributed by atoms with Crippen LogP contribution in [0.4, 0.5) is 20.6 Å². The molecule has 0 unspecified atom stereocenters. The molecule has 1 aliphatic rings. The lowest BCUT2D eigenvalue weighted by atomic mass is 10.2. The van der Waals surface area contributed by atoms with E-state index in [1.165, 1.54) is 18.2 Å². The highest BCUT2D eigenvalue weighted by Crippen LogP contribution is 2.34. The predicted molar refractivity (Wildman–Crippen MR) is 116 cm³/mol. The van der Waals surface area contributed by atoms with Crippen molar-refractivity contribution >= 4 is 50.6 Å². The van der Waals surface area contributed by atoms with Crippen LogP contribution in [0.15, 0.2) is 53.0 Å². The number of urea groups is 1. The number of carbonyl (C=O) groups is 2. The van der Waals surface area contributed by atoms with Crippen LogP contribution in [0.2, 0.25) is 0 Å². The second kappa shape index (κ2) is 8.88. The zero-order valence-electron chi connectivity index (χ0n) is 15.6. The van der Waals surface area contributed by atoms with Crippen LogP contribution in [0, 0.1) is 5.82 Å². The summed E-state index contributed by atoms with van der Waals surface area (Å²) in [6, 6.07) is 12.5. The van der Waals surface area contributed by atoms with Gasteiger partial charge in [-0.15, -0.1) is 10.2 Å². The topological polar surface area (TPSA) is 87.2 Å². The Morgan fingerprint density at radius 1 is 1.13 bits per heavy atom. The predicted octanol–water partition coefficient (Wildman–Crippen LogP) is 5.06. The van der Waals surface area contributed by atoms with E-state index in [2.05, 4.69) is 36.8 Å². The number of benzene rings is 2. The molecule has 1 aliphatic heterocycles. The monoisotopic (exact) mass is 489 g/mol. The van der Waals surface area contributed by atoms with Gasteiger partial charge in [0, 0.05) is 16.7 Å². The van der Waals surface area contributed by atoms with Crippen LogP contribution in [-0.4, -0.2) is 33.6 Å². The molecule has 2 heterocycles. The summed E-state index contributed by atoms with van der Waals surface area (Å²) in [7, 11) is 0. The molecule has 0 aliphatic carbocycles. The summed E-state index contributed by atoms with van der Waals surface area (Å²) in [5.74, 6) is -0.907. The summed E-state index contributed by atoms with van der Waals surface area (Å²) in [6.45, 7) is 0.589. The van der Waals surface area contributed by atoms with Crippen LogP contribution in [0.3, 0.4) is 0 Å². The summed E-state index contributed by atoms with van der Waals surface area (Å²) >= 11 is 4.56. The standard InChI is InChI=1S/C20H17BrFN5O2S/c21-14-7-1-2-8-15(14)24-20(29)27-10-4-9-16(27)18-25-26-19(30-18)17(28)23-13-6-3-5-12(22)11-13/h1-3,5-8,11,16H,4,9-10H2,(H,23,28)(H,24,29)/t16-/m0/s1. The number of halogens is 2. The Kier molecular flexibility index (Phi) is 6.05. The number of para-hydroxylation sites is 1. The first-order valence-electron chi connectivity index (χ1n) is 9.24. The van der Waals surface area contributed by atoms with Crippen LogP contribution in [-0.2, 0) is 0 Å². The van der Waals surface area contributed by atoms with Gasteiger partial charge in [-0.25, -0.2) is 9.18 Å². The maximum Gasteiger partial charge on any atom is 0.322 e. The third-order valence-electron chi connectivity index (χ3n) is 4.63. The van der Waals surface area contributed by atoms with E-state index >= 15 is 0 Å². The Hall–Kier alpha value is -2.85. The Morgan fingerprint density at radius 3 is 2.77 bits per heavy atom. The maximum atomic E-state index is 13.3. The molecular weight excluding hydrogens is 473 g/mol. The summed E-state index contributed by atoms with van der Waals surface area (Å²) in [5, 5.41) is 14.4. The van der Waals surface area contributed by atoms with Crippen LogP contribution in [0.25, 0.3) is 0 Å². The van der Waals surface area contributed by atoms with Gasteiger partial charge in [0.15, 0.2) is 0 Å². The molecule has 3 aromatic rings. The normalized spacial score (nSPS) is 15.8. The lowest BCUT2D eigenvalue weighted by Crippen LogP contribution is -2.34. The number of nitrogens with one attached hydrogen (secondary N) is 2. The number of aromatic nitrogens is 2. The van der Waals surface area contributed by atoms with Crippen molar-refractivity contribution in [2.45, 2.75) is 18.9 Å². The smallest absolute Gasteiger partial charge is 0.320 e. The van der Waals surface area contributed by atoms with Gasteiger partial charge in [0.1, 0.15) is 10.8 Å². The molecule has 30 heavy (non-hydrogen) atoms. The van der Waals surface area contributed by atoms with Gasteiger partial charge in [0.25, 0.3) is 5.91 Å². The van der Waals surface area contributed by atoms with Gasteiger partial charge in [-0.05, 0) is 59.1 Å². The molecule has 7 nitrogen and oxygen atoms in total. The molecule has 0 spiro atoms. The third-order valence-corrected chi connectivity index (χ3v) is 6.35. The number of likely N-dealkylation sites (tertiary alicyclic amines) is 1. The van der Waals surface area contributed by atoms with Crippen molar-refractivity contribution in [2.24, 2.45) is 0 Å². The molecule has 0 bridgehead atoms. The van der Waals surface area contributed by atoms with Crippen molar-refractivity contribution in [3.8, 4) is 0 Å². The van der Waals surface area contributed by atoms with E-state index < -0.39 is 11.7 Å². The Bertz CT molecular complexity index is 1090. The molecule has 10 heteroatoms. The van der Waals surface area contributed by atoms with Gasteiger partial charge in [0.2, 0.25) is 5.01 Å². The van der Waals surface area contributed by atoms with Crippen LogP contribution < -0.4 is 10.6 Å². The molecule has 1 aromatic heterocycles. The minimum atomic E-state index is -0.466. The molecule has 0 radical (unpaired) electrons. The molecule has 2 N–H and O–H groups in total. The molecule has 2 aromatic carbocycles. The minimum Gasteiger partial charge on any atom is -0.320 e. The Labute approximate surface area is 184 Å². The first-order chi connectivity index (χ1) is 14.5. The van der Waals surface area contributed by atoms with Gasteiger partial charge in [-0.2, -0.15) is 0 Å². The van der Waals surface area contributed by atoms with E-state index in [1.807, 2.05) is 24.3 Å². The van der Waals surface area contributed by atoms with E-state index in [0.29, 0.717) is 22.9 Å². The lowest BCUT2D eigenvalue weighted by Gasteiger charge is -2.23. The Balaban J connectivity index is 1.46. The highest BCUT2D eigenvalue weighted by molar-refractivity contribution is 9.10. The van der Waals surface area contributed by atoms with E-state index in [9.17, 15) is 14.0 Å². The molecule has 1 atom stereocenters. The van der Waals surface area contributed by atoms with Crippen molar-refractivity contribution in [1.82, 2.24) is 15.1 Å². The van der Waals surface area contributed by atoms with Crippen LogP contribution in [0.5, 0.6) is 0 Å². The zero-order chi connectivity index (χ0) is 21.1. The van der Waals surface area contributed by atoms with E-state index in [1.54, 1.807) is 11.0 Å². The fourth-order valence-corrected chi connectivity index (χ4v) is 4.50. The summed E-state index contributed by atoms with van der Waals surface area (Å²) in [6.07, 6.45) is 1.57. The number of rotatable bonds is 4. The number of anilines is 2. The second-order valence-electron chi connectivity index (χ2n) is 6.67. The van der Waals surface area contributed by atoms with Crippen LogP contribution >= 0.6 is 27.3 Å². The summed E-state index contributed by atoms with van der Waals surface area (Å²) in [4.78, 5) is 26.9. The molecule has 3 amide bonds. The van der Waals surface area contributed by atoms with E-state index in [0.717, 1.165) is 28.7 Å². The van der Waals surface area contributed by atoms with Crippen LogP contribution in [0.1, 0.15) is 33.7 Å². The summed E-state index contributed by atoms with van der Waals surface area (Å²) < 4.78 is 14.1. The number of hydrogen-bond donors (Lipinski definition) is 2. The van der Waals surface area contributed by atoms with Gasteiger partial charge >= 0.3 is 6.03 Å². The lowest BCUT2D eigenvalue weighted by molar-refractivity contribution is 0.102. The fraction of sp³-hybridized carbons (Fsp3) is 0.200. The number of carbonyl (C=O) groups excluding carboxylic acids is 2. The van der Waals surface area contributed by atoms with Gasteiger partial charge in [-0.3, -0.25) is 4.79 Å². The quantitative estimate of drug-likeness (QED) is 0.535. The molecule has 4 rings (SSSR count). The average Bonchev–Trinajstić information content (AvgIpc) is 3.39. The molecule has 1 fully saturated rings. The zero-order valence-corrected chi connectivity index (χ0v) is 18.0. The minimum absolute atomic E-state index is 0.160. The van der Waals surface area contributed by atoms with Crippen molar-refractivity contribution in [3.05, 3.63) is 68.8 Å². The SMILES string of the molecule is O=C(Nc1cccc(F)c1)c1nnc([C@@H]2CCCN2C(=O)Nc2ccccc2Br)s1.